The summed E-state index contributed by atoms with van der Waals surface area (Å²) in [7, 11) is 0. The average molecular weight is 259 g/mol. The topological polar surface area (TPSA) is 40.5 Å². The lowest BCUT2D eigenvalue weighted by Crippen LogP contribution is -2.39. The molecule has 1 aliphatic heterocycles. The first-order valence-electron chi connectivity index (χ1n) is 6.69. The minimum Gasteiger partial charge on any atom is -0.375 e. The van der Waals surface area contributed by atoms with Crippen molar-refractivity contribution in [3.8, 4) is 0 Å². The summed E-state index contributed by atoms with van der Waals surface area (Å²) < 4.78 is 0. The van der Waals surface area contributed by atoms with E-state index >= 15 is 0 Å². The van der Waals surface area contributed by atoms with Crippen LogP contribution in [0.1, 0.15) is 38.3 Å². The van der Waals surface area contributed by atoms with E-state index in [1.54, 1.807) is 4.90 Å². The van der Waals surface area contributed by atoms with Crippen LogP contribution >= 0.6 is 0 Å². The van der Waals surface area contributed by atoms with Gasteiger partial charge in [0.2, 0.25) is 0 Å². The lowest BCUT2D eigenvalue weighted by molar-refractivity contribution is -0.135. The maximum Gasteiger partial charge on any atom is 0.263 e. The molecule has 0 spiro atoms. The van der Waals surface area contributed by atoms with Crippen LogP contribution in [0.3, 0.4) is 0 Å². The smallest absolute Gasteiger partial charge is 0.263 e. The van der Waals surface area contributed by atoms with Crippen LogP contribution in [0.2, 0.25) is 0 Å². The Labute approximate surface area is 114 Å². The lowest BCUT2D eigenvalue weighted by atomic mass is 9.90. The quantitative estimate of drug-likeness (QED) is 0.848. The van der Waals surface area contributed by atoms with E-state index in [2.05, 4.69) is 0 Å². The van der Waals surface area contributed by atoms with Gasteiger partial charge in [0.15, 0.2) is 5.60 Å². The number of aliphatic hydroxyl groups is 1. The molecule has 0 radical (unpaired) electrons. The maximum absolute atomic E-state index is 12.5. The van der Waals surface area contributed by atoms with Crippen LogP contribution in [0.4, 0.5) is 5.69 Å². The zero-order chi connectivity index (χ0) is 14.2. The fourth-order valence-electron chi connectivity index (χ4n) is 2.53. The number of fused-ring (bicyclic) bond motifs is 1. The molecule has 0 saturated carbocycles. The highest BCUT2D eigenvalue weighted by Gasteiger charge is 2.48. The van der Waals surface area contributed by atoms with Crippen molar-refractivity contribution in [3.63, 3.8) is 0 Å². The Morgan fingerprint density at radius 3 is 2.68 bits per heavy atom. The first kappa shape index (κ1) is 13.8. The molecule has 1 aromatic rings. The third-order valence-electron chi connectivity index (χ3n) is 3.61. The number of benzene rings is 1. The van der Waals surface area contributed by atoms with E-state index in [-0.39, 0.29) is 5.91 Å². The predicted molar refractivity (Wildman–Crippen MR) is 77.2 cm³/mol. The summed E-state index contributed by atoms with van der Waals surface area (Å²) >= 11 is 0. The van der Waals surface area contributed by atoms with Gasteiger partial charge in [-0.3, -0.25) is 4.79 Å². The Kier molecular flexibility index (Phi) is 3.50. The van der Waals surface area contributed by atoms with Crippen molar-refractivity contribution >= 4 is 11.6 Å². The van der Waals surface area contributed by atoms with Crippen molar-refractivity contribution in [1.29, 1.82) is 0 Å². The summed E-state index contributed by atoms with van der Waals surface area (Å²) in [5.74, 6) is -0.215. The third-order valence-corrected chi connectivity index (χ3v) is 3.61. The molecule has 19 heavy (non-hydrogen) atoms. The van der Waals surface area contributed by atoms with E-state index in [1.165, 1.54) is 0 Å². The van der Waals surface area contributed by atoms with Crippen molar-refractivity contribution in [1.82, 2.24) is 0 Å². The Balaban J connectivity index is 2.54. The van der Waals surface area contributed by atoms with Crippen molar-refractivity contribution in [3.05, 3.63) is 41.0 Å². The van der Waals surface area contributed by atoms with E-state index in [0.717, 1.165) is 22.4 Å². The van der Waals surface area contributed by atoms with Gasteiger partial charge in [-0.25, -0.2) is 0 Å². The molecule has 1 unspecified atom stereocenters. The van der Waals surface area contributed by atoms with Gasteiger partial charge in [-0.1, -0.05) is 29.3 Å². The monoisotopic (exact) mass is 259 g/mol. The SMILES string of the molecule is CCN1C(=O)C(O)(CC=C(C)C)c2cc(C)ccc21. The van der Waals surface area contributed by atoms with Crippen molar-refractivity contribution in [2.24, 2.45) is 0 Å². The van der Waals surface area contributed by atoms with Gasteiger partial charge in [-0.2, -0.15) is 0 Å². The molecular weight excluding hydrogens is 238 g/mol. The van der Waals surface area contributed by atoms with E-state index in [9.17, 15) is 9.90 Å². The van der Waals surface area contributed by atoms with Crippen LogP contribution < -0.4 is 4.90 Å². The Morgan fingerprint density at radius 1 is 1.42 bits per heavy atom. The largest absolute Gasteiger partial charge is 0.375 e. The van der Waals surface area contributed by atoms with Crippen LogP contribution in [0, 0.1) is 6.92 Å². The number of aryl methyl sites for hydroxylation is 1. The van der Waals surface area contributed by atoms with Gasteiger partial charge in [-0.05, 0) is 33.8 Å². The predicted octanol–water partition coefficient (Wildman–Crippen LogP) is 2.91. The highest BCUT2D eigenvalue weighted by Crippen LogP contribution is 2.43. The molecule has 1 aromatic carbocycles. The number of rotatable bonds is 3. The lowest BCUT2D eigenvalue weighted by Gasteiger charge is -2.21. The Morgan fingerprint density at radius 2 is 2.11 bits per heavy atom. The van der Waals surface area contributed by atoms with Crippen LogP contribution in [-0.4, -0.2) is 17.6 Å². The molecule has 0 saturated heterocycles. The van der Waals surface area contributed by atoms with E-state index < -0.39 is 5.60 Å². The molecule has 1 N–H and O–H groups in total. The zero-order valence-electron chi connectivity index (χ0n) is 12.0. The first-order valence-corrected chi connectivity index (χ1v) is 6.69. The highest BCUT2D eigenvalue weighted by molar-refractivity contribution is 6.07. The van der Waals surface area contributed by atoms with Crippen LogP contribution in [0.5, 0.6) is 0 Å². The fourth-order valence-corrected chi connectivity index (χ4v) is 2.53. The number of allylic oxidation sites excluding steroid dienone is 1. The minimum absolute atomic E-state index is 0.215. The summed E-state index contributed by atoms with van der Waals surface area (Å²) in [5, 5.41) is 10.9. The van der Waals surface area contributed by atoms with Crippen molar-refractivity contribution < 1.29 is 9.90 Å². The molecule has 0 bridgehead atoms. The third kappa shape index (κ3) is 2.19. The molecule has 0 fully saturated rings. The molecule has 102 valence electrons. The summed E-state index contributed by atoms with van der Waals surface area (Å²) in [5.41, 5.74) is 2.32. The van der Waals surface area contributed by atoms with Gasteiger partial charge in [-0.15, -0.1) is 0 Å². The maximum atomic E-state index is 12.5. The first-order chi connectivity index (χ1) is 8.90. The van der Waals surface area contributed by atoms with Gasteiger partial charge >= 0.3 is 0 Å². The minimum atomic E-state index is -1.41. The van der Waals surface area contributed by atoms with E-state index in [4.69, 9.17) is 0 Å². The van der Waals surface area contributed by atoms with Gasteiger partial charge in [0.05, 0.1) is 5.69 Å². The van der Waals surface area contributed by atoms with Gasteiger partial charge < -0.3 is 10.0 Å². The normalized spacial score (nSPS) is 21.5. The molecule has 3 nitrogen and oxygen atoms in total. The molecule has 1 aliphatic rings. The van der Waals surface area contributed by atoms with Gasteiger partial charge in [0.1, 0.15) is 0 Å². The van der Waals surface area contributed by atoms with Crippen molar-refractivity contribution in [2.75, 3.05) is 11.4 Å². The van der Waals surface area contributed by atoms with Gasteiger partial charge in [0, 0.05) is 18.5 Å². The molecule has 0 aromatic heterocycles. The second-order valence-corrected chi connectivity index (χ2v) is 5.42. The number of hydrogen-bond donors (Lipinski definition) is 1. The van der Waals surface area contributed by atoms with Gasteiger partial charge in [0.25, 0.3) is 5.91 Å². The Bertz CT molecular complexity index is 544. The Hall–Kier alpha value is -1.61. The molecule has 0 aliphatic carbocycles. The number of amides is 1. The number of hydrogen-bond acceptors (Lipinski definition) is 2. The second-order valence-electron chi connectivity index (χ2n) is 5.42. The summed E-state index contributed by atoms with van der Waals surface area (Å²) in [6.45, 7) is 8.41. The number of likely N-dealkylation sites (N-methyl/N-ethyl adjacent to an activating group) is 1. The molecule has 1 heterocycles. The van der Waals surface area contributed by atoms with Crippen molar-refractivity contribution in [2.45, 2.75) is 39.7 Å². The van der Waals surface area contributed by atoms with E-state index in [1.807, 2.05) is 52.0 Å². The average Bonchev–Trinajstić information content (AvgIpc) is 2.57. The number of nitrogens with zero attached hydrogens (tertiary/aromatic N) is 1. The van der Waals surface area contributed by atoms with Crippen LogP contribution in [-0.2, 0) is 10.4 Å². The summed E-state index contributed by atoms with van der Waals surface area (Å²) in [4.78, 5) is 14.1. The summed E-state index contributed by atoms with van der Waals surface area (Å²) in [6, 6.07) is 5.82. The molecule has 2 rings (SSSR count). The van der Waals surface area contributed by atoms with Crippen LogP contribution in [0.25, 0.3) is 0 Å². The highest BCUT2D eigenvalue weighted by atomic mass is 16.3. The second kappa shape index (κ2) is 4.82. The zero-order valence-corrected chi connectivity index (χ0v) is 12.0. The standard InChI is InChI=1S/C16H21NO2/c1-5-17-14-7-6-12(4)10-13(14)16(19,15(17)18)9-8-11(2)3/h6-8,10,19H,5,9H2,1-4H3. The van der Waals surface area contributed by atoms with E-state index in [0.29, 0.717) is 13.0 Å². The number of anilines is 1. The summed E-state index contributed by atoms with van der Waals surface area (Å²) in [6.07, 6.45) is 2.25. The number of carbonyl (C=O) groups is 1. The van der Waals surface area contributed by atoms with Crippen LogP contribution in [0.15, 0.2) is 29.8 Å². The molecule has 1 atom stereocenters. The molecular formula is C16H21NO2. The molecule has 1 amide bonds. The number of carbonyl (C=O) groups excluding carboxylic acids is 1. The molecule has 3 heteroatoms. The fraction of sp³-hybridized carbons (Fsp3) is 0.438.